The van der Waals surface area contributed by atoms with E-state index >= 15 is 0 Å². The van der Waals surface area contributed by atoms with Gasteiger partial charge in [-0.15, -0.1) is 0 Å². The van der Waals surface area contributed by atoms with Gasteiger partial charge >= 0.3 is 5.97 Å². The number of piperidine rings is 1. The van der Waals surface area contributed by atoms with E-state index in [0.717, 1.165) is 19.4 Å². The lowest BCUT2D eigenvalue weighted by molar-refractivity contribution is -0.151. The van der Waals surface area contributed by atoms with Crippen molar-refractivity contribution in [3.05, 3.63) is 35.9 Å². The summed E-state index contributed by atoms with van der Waals surface area (Å²) < 4.78 is 5.08. The first-order valence-electron chi connectivity index (χ1n) is 8.84. The van der Waals surface area contributed by atoms with Gasteiger partial charge in [0, 0.05) is 32.1 Å². The standard InChI is InChI=1S/C19H28N2O3/c1-3-24-19(23)17-10-7-13-21(14-17)18(22)11-12-20-15(2)16-8-5-4-6-9-16/h4-6,8-9,15,17,20H,3,7,10-14H2,1-2H3. The van der Waals surface area contributed by atoms with E-state index in [4.69, 9.17) is 4.74 Å². The van der Waals surface area contributed by atoms with Crippen LogP contribution in [0.2, 0.25) is 0 Å². The van der Waals surface area contributed by atoms with Crippen molar-refractivity contribution in [2.24, 2.45) is 5.92 Å². The Labute approximate surface area is 144 Å². The molecule has 2 rings (SSSR count). The molecular weight excluding hydrogens is 304 g/mol. The minimum Gasteiger partial charge on any atom is -0.466 e. The van der Waals surface area contributed by atoms with Crippen molar-refractivity contribution in [2.45, 2.75) is 39.2 Å². The van der Waals surface area contributed by atoms with Gasteiger partial charge < -0.3 is 15.0 Å². The van der Waals surface area contributed by atoms with Crippen LogP contribution >= 0.6 is 0 Å². The Morgan fingerprint density at radius 1 is 1.33 bits per heavy atom. The zero-order valence-corrected chi connectivity index (χ0v) is 14.7. The summed E-state index contributed by atoms with van der Waals surface area (Å²) in [4.78, 5) is 26.0. The fraction of sp³-hybridized carbons (Fsp3) is 0.579. The second-order valence-electron chi connectivity index (χ2n) is 6.27. The zero-order chi connectivity index (χ0) is 17.4. The third-order valence-electron chi connectivity index (χ3n) is 4.48. The summed E-state index contributed by atoms with van der Waals surface area (Å²) >= 11 is 0. The van der Waals surface area contributed by atoms with E-state index in [9.17, 15) is 9.59 Å². The van der Waals surface area contributed by atoms with E-state index in [2.05, 4.69) is 24.4 Å². The molecule has 0 spiro atoms. The van der Waals surface area contributed by atoms with Gasteiger partial charge in [0.25, 0.3) is 0 Å². The van der Waals surface area contributed by atoms with Crippen molar-refractivity contribution < 1.29 is 14.3 Å². The van der Waals surface area contributed by atoms with Crippen LogP contribution in [-0.2, 0) is 14.3 Å². The number of nitrogens with zero attached hydrogens (tertiary/aromatic N) is 1. The van der Waals surface area contributed by atoms with Crippen LogP contribution in [0.3, 0.4) is 0 Å². The highest BCUT2D eigenvalue weighted by Gasteiger charge is 2.29. The molecule has 1 N–H and O–H groups in total. The van der Waals surface area contributed by atoms with Crippen molar-refractivity contribution >= 4 is 11.9 Å². The van der Waals surface area contributed by atoms with Crippen molar-refractivity contribution in [1.29, 1.82) is 0 Å². The molecule has 1 aromatic carbocycles. The molecule has 5 heteroatoms. The molecule has 1 heterocycles. The Hall–Kier alpha value is -1.88. The topological polar surface area (TPSA) is 58.6 Å². The Morgan fingerprint density at radius 3 is 2.79 bits per heavy atom. The predicted molar refractivity (Wildman–Crippen MR) is 93.4 cm³/mol. The number of hydrogen-bond donors (Lipinski definition) is 1. The van der Waals surface area contributed by atoms with Crippen LogP contribution in [0.1, 0.15) is 44.7 Å². The molecule has 2 atom stereocenters. The van der Waals surface area contributed by atoms with E-state index < -0.39 is 0 Å². The lowest BCUT2D eigenvalue weighted by Gasteiger charge is -2.31. The number of esters is 1. The van der Waals surface area contributed by atoms with Gasteiger partial charge in [-0.1, -0.05) is 30.3 Å². The van der Waals surface area contributed by atoms with Crippen LogP contribution in [0.5, 0.6) is 0 Å². The molecule has 5 nitrogen and oxygen atoms in total. The highest BCUT2D eigenvalue weighted by molar-refractivity contribution is 5.78. The number of likely N-dealkylation sites (tertiary alicyclic amines) is 1. The molecule has 0 saturated carbocycles. The predicted octanol–water partition coefficient (Wildman–Crippen LogP) is 2.53. The second kappa shape index (κ2) is 9.42. The molecule has 1 fully saturated rings. The zero-order valence-electron chi connectivity index (χ0n) is 14.7. The summed E-state index contributed by atoms with van der Waals surface area (Å²) in [6.07, 6.45) is 2.13. The van der Waals surface area contributed by atoms with Gasteiger partial charge in [0.2, 0.25) is 5.91 Å². The summed E-state index contributed by atoms with van der Waals surface area (Å²) in [6.45, 7) is 6.16. The average molecular weight is 332 g/mol. The van der Waals surface area contributed by atoms with E-state index in [1.165, 1.54) is 5.56 Å². The van der Waals surface area contributed by atoms with Crippen LogP contribution in [0.25, 0.3) is 0 Å². The fourth-order valence-electron chi connectivity index (χ4n) is 3.07. The van der Waals surface area contributed by atoms with Crippen LogP contribution in [0, 0.1) is 5.92 Å². The number of amides is 1. The largest absolute Gasteiger partial charge is 0.466 e. The summed E-state index contributed by atoms with van der Waals surface area (Å²) in [5.74, 6) is -0.235. The molecule has 0 bridgehead atoms. The maximum absolute atomic E-state index is 12.4. The Kier molecular flexibility index (Phi) is 7.25. The third kappa shape index (κ3) is 5.34. The summed E-state index contributed by atoms with van der Waals surface area (Å²) in [5, 5.41) is 3.38. The molecule has 24 heavy (non-hydrogen) atoms. The minimum atomic E-state index is -0.175. The maximum Gasteiger partial charge on any atom is 0.310 e. The first-order valence-corrected chi connectivity index (χ1v) is 8.84. The van der Waals surface area contributed by atoms with E-state index in [1.807, 2.05) is 25.1 Å². The quantitative estimate of drug-likeness (QED) is 0.780. The number of benzene rings is 1. The van der Waals surface area contributed by atoms with Gasteiger partial charge in [0.05, 0.1) is 12.5 Å². The second-order valence-corrected chi connectivity index (χ2v) is 6.27. The number of carbonyl (C=O) groups is 2. The van der Waals surface area contributed by atoms with E-state index in [0.29, 0.717) is 26.1 Å². The van der Waals surface area contributed by atoms with Crippen molar-refractivity contribution in [3.63, 3.8) is 0 Å². The summed E-state index contributed by atoms with van der Waals surface area (Å²) in [7, 11) is 0. The van der Waals surface area contributed by atoms with Gasteiger partial charge in [-0.3, -0.25) is 9.59 Å². The molecule has 1 amide bonds. The Balaban J connectivity index is 1.75. The van der Waals surface area contributed by atoms with Gasteiger partial charge in [-0.25, -0.2) is 0 Å². The number of nitrogens with one attached hydrogen (secondary N) is 1. The molecule has 1 aliphatic heterocycles. The van der Waals surface area contributed by atoms with Crippen LogP contribution < -0.4 is 5.32 Å². The smallest absolute Gasteiger partial charge is 0.310 e. The average Bonchev–Trinajstić information content (AvgIpc) is 2.62. The highest BCUT2D eigenvalue weighted by Crippen LogP contribution is 2.18. The van der Waals surface area contributed by atoms with Crippen LogP contribution in [0.15, 0.2) is 30.3 Å². The molecule has 0 aromatic heterocycles. The number of hydrogen-bond acceptors (Lipinski definition) is 4. The van der Waals surface area contributed by atoms with E-state index in [1.54, 1.807) is 4.90 Å². The third-order valence-corrected chi connectivity index (χ3v) is 4.48. The van der Waals surface area contributed by atoms with Gasteiger partial charge in [-0.2, -0.15) is 0 Å². The van der Waals surface area contributed by atoms with Crippen molar-refractivity contribution in [3.8, 4) is 0 Å². The van der Waals surface area contributed by atoms with Crippen LogP contribution in [-0.4, -0.2) is 43.0 Å². The molecule has 132 valence electrons. The lowest BCUT2D eigenvalue weighted by Crippen LogP contribution is -2.43. The molecule has 0 aliphatic carbocycles. The fourth-order valence-corrected chi connectivity index (χ4v) is 3.07. The molecule has 1 aliphatic rings. The Bertz CT molecular complexity index is 533. The lowest BCUT2D eigenvalue weighted by atomic mass is 9.98. The van der Waals surface area contributed by atoms with Crippen molar-refractivity contribution in [2.75, 3.05) is 26.2 Å². The van der Waals surface area contributed by atoms with Gasteiger partial charge in [0.1, 0.15) is 0 Å². The minimum absolute atomic E-state index is 0.108. The number of ether oxygens (including phenoxy) is 1. The van der Waals surface area contributed by atoms with E-state index in [-0.39, 0.29) is 23.8 Å². The normalized spacial score (nSPS) is 18.9. The summed E-state index contributed by atoms with van der Waals surface area (Å²) in [5.41, 5.74) is 1.21. The molecule has 2 unspecified atom stereocenters. The monoisotopic (exact) mass is 332 g/mol. The van der Waals surface area contributed by atoms with Gasteiger partial charge in [0.15, 0.2) is 0 Å². The van der Waals surface area contributed by atoms with Crippen LogP contribution in [0.4, 0.5) is 0 Å². The SMILES string of the molecule is CCOC(=O)C1CCCN(C(=O)CCNC(C)c2ccccc2)C1. The summed E-state index contributed by atoms with van der Waals surface area (Å²) in [6, 6.07) is 10.4. The maximum atomic E-state index is 12.4. The molecule has 1 saturated heterocycles. The number of carbonyl (C=O) groups excluding carboxylic acids is 2. The molecular formula is C19H28N2O3. The molecule has 1 aromatic rings. The van der Waals surface area contributed by atoms with Crippen molar-refractivity contribution in [1.82, 2.24) is 10.2 Å². The molecule has 0 radical (unpaired) electrons. The highest BCUT2D eigenvalue weighted by atomic mass is 16.5. The van der Waals surface area contributed by atoms with Gasteiger partial charge in [-0.05, 0) is 32.3 Å². The first kappa shape index (κ1) is 18.5. The number of rotatable bonds is 7. The Morgan fingerprint density at radius 2 is 2.08 bits per heavy atom. The first-order chi connectivity index (χ1) is 11.6.